The van der Waals surface area contributed by atoms with Crippen molar-refractivity contribution in [2.45, 2.75) is 30.8 Å². The van der Waals surface area contributed by atoms with Gasteiger partial charge >= 0.3 is 0 Å². The Balaban J connectivity index is 1.70. The molecule has 152 valence electrons. The third-order valence-electron chi connectivity index (χ3n) is 4.61. The number of carbonyl (C=O) groups excluding carboxylic acids is 1. The molecule has 0 radical (unpaired) electrons. The molecule has 0 fully saturated rings. The van der Waals surface area contributed by atoms with Crippen LogP contribution in [-0.4, -0.2) is 25.7 Å². The van der Waals surface area contributed by atoms with Crippen molar-refractivity contribution in [1.29, 1.82) is 0 Å². The van der Waals surface area contributed by atoms with Crippen LogP contribution in [0.1, 0.15) is 18.2 Å². The number of pyridine rings is 1. The number of para-hydroxylation sites is 1. The van der Waals surface area contributed by atoms with Gasteiger partial charge in [-0.3, -0.25) is 9.59 Å². The second kappa shape index (κ2) is 8.54. The van der Waals surface area contributed by atoms with Crippen LogP contribution >= 0.6 is 11.8 Å². The van der Waals surface area contributed by atoms with Gasteiger partial charge in [0, 0.05) is 6.20 Å². The van der Waals surface area contributed by atoms with E-state index < -0.39 is 5.25 Å². The molecule has 0 saturated carbocycles. The Labute approximate surface area is 177 Å². The van der Waals surface area contributed by atoms with Crippen LogP contribution in [0.3, 0.4) is 0 Å². The average molecular weight is 420 g/mol. The van der Waals surface area contributed by atoms with E-state index in [0.29, 0.717) is 34.2 Å². The number of hydrogen-bond donors (Lipinski definition) is 1. The highest BCUT2D eigenvalue weighted by Crippen LogP contribution is 2.25. The van der Waals surface area contributed by atoms with E-state index in [4.69, 9.17) is 4.42 Å². The highest BCUT2D eigenvalue weighted by Gasteiger charge is 2.21. The summed E-state index contributed by atoms with van der Waals surface area (Å²) in [6, 6.07) is 14.4. The van der Waals surface area contributed by atoms with Gasteiger partial charge in [0.1, 0.15) is 11.6 Å². The molecule has 0 saturated heterocycles. The zero-order valence-corrected chi connectivity index (χ0v) is 17.3. The number of nitrogens with zero attached hydrogens (tertiary/aromatic N) is 3. The van der Waals surface area contributed by atoms with Crippen LogP contribution in [0.5, 0.6) is 0 Å². The van der Waals surface area contributed by atoms with Crippen molar-refractivity contribution >= 4 is 28.6 Å². The van der Waals surface area contributed by atoms with Gasteiger partial charge in [-0.2, -0.15) is 0 Å². The van der Waals surface area contributed by atoms with Crippen molar-refractivity contribution in [3.05, 3.63) is 82.7 Å². The van der Waals surface area contributed by atoms with E-state index in [1.165, 1.54) is 16.3 Å². The van der Waals surface area contributed by atoms with Crippen molar-refractivity contribution in [3.8, 4) is 5.82 Å². The molecule has 1 N–H and O–H groups in total. The first-order chi connectivity index (χ1) is 14.5. The van der Waals surface area contributed by atoms with Crippen molar-refractivity contribution < 1.29 is 9.21 Å². The zero-order chi connectivity index (χ0) is 21.1. The lowest BCUT2D eigenvalue weighted by Gasteiger charge is -2.16. The van der Waals surface area contributed by atoms with E-state index in [1.54, 1.807) is 49.7 Å². The predicted molar refractivity (Wildman–Crippen MR) is 116 cm³/mol. The van der Waals surface area contributed by atoms with Crippen molar-refractivity contribution in [1.82, 2.24) is 19.9 Å². The number of furan rings is 1. The molecule has 4 aromatic rings. The summed E-state index contributed by atoms with van der Waals surface area (Å²) in [5.41, 5.74) is 1.21. The molecule has 8 heteroatoms. The number of thioether (sulfide) groups is 1. The fourth-order valence-corrected chi connectivity index (χ4v) is 3.96. The summed E-state index contributed by atoms with van der Waals surface area (Å²) < 4.78 is 6.73. The molecule has 0 spiro atoms. The lowest BCUT2D eigenvalue weighted by molar-refractivity contribution is -0.120. The highest BCUT2D eigenvalue weighted by atomic mass is 32.2. The van der Waals surface area contributed by atoms with Gasteiger partial charge in [0.15, 0.2) is 5.16 Å². The zero-order valence-electron chi connectivity index (χ0n) is 16.5. The summed E-state index contributed by atoms with van der Waals surface area (Å²) in [5, 5.41) is 3.28. The monoisotopic (exact) mass is 420 g/mol. The molecule has 7 nitrogen and oxygen atoms in total. The maximum absolute atomic E-state index is 13.3. The lowest BCUT2D eigenvalue weighted by atomic mass is 10.2. The molecule has 0 aliphatic heterocycles. The van der Waals surface area contributed by atoms with Gasteiger partial charge in [0.05, 0.1) is 29.0 Å². The summed E-state index contributed by atoms with van der Waals surface area (Å²) in [7, 11) is 0. The fraction of sp³-hybridized carbons (Fsp3) is 0.182. The number of carbonyl (C=O) groups is 1. The normalized spacial score (nSPS) is 12.1. The van der Waals surface area contributed by atoms with Crippen molar-refractivity contribution in [2.24, 2.45) is 0 Å². The van der Waals surface area contributed by atoms with Crippen LogP contribution in [0, 0.1) is 6.92 Å². The van der Waals surface area contributed by atoms with Gasteiger partial charge in [-0.25, -0.2) is 14.5 Å². The molecule has 1 unspecified atom stereocenters. The van der Waals surface area contributed by atoms with Gasteiger partial charge in [0.25, 0.3) is 5.56 Å². The standard InChI is InChI=1S/C22H20N4O3S/c1-14-7-5-11-23-19(14)26-21(28)17-9-3-4-10-18(17)25-22(26)30-15(2)20(27)24-13-16-8-6-12-29-16/h3-12,15H,13H2,1-2H3,(H,24,27). The fourth-order valence-electron chi connectivity index (χ4n) is 3.03. The third-order valence-corrected chi connectivity index (χ3v) is 5.66. The Morgan fingerprint density at radius 1 is 1.20 bits per heavy atom. The van der Waals surface area contributed by atoms with Crippen LogP contribution in [0.4, 0.5) is 0 Å². The number of rotatable bonds is 6. The van der Waals surface area contributed by atoms with Gasteiger partial charge in [-0.05, 0) is 49.7 Å². The molecular weight excluding hydrogens is 400 g/mol. The number of benzene rings is 1. The SMILES string of the molecule is Cc1cccnc1-n1c(SC(C)C(=O)NCc2ccco2)nc2ccccc2c1=O. The molecule has 1 atom stereocenters. The summed E-state index contributed by atoms with van der Waals surface area (Å²) in [6.45, 7) is 3.96. The summed E-state index contributed by atoms with van der Waals surface area (Å²) in [4.78, 5) is 35.0. The summed E-state index contributed by atoms with van der Waals surface area (Å²) >= 11 is 1.22. The third kappa shape index (κ3) is 3.99. The largest absolute Gasteiger partial charge is 0.467 e. The Bertz CT molecular complexity index is 1250. The minimum absolute atomic E-state index is 0.178. The quantitative estimate of drug-likeness (QED) is 0.379. The average Bonchev–Trinajstić information content (AvgIpc) is 3.27. The number of aryl methyl sites for hydroxylation is 1. The number of nitrogens with one attached hydrogen (secondary N) is 1. The summed E-state index contributed by atoms with van der Waals surface area (Å²) in [6.07, 6.45) is 3.20. The first-order valence-electron chi connectivity index (χ1n) is 9.45. The van der Waals surface area contributed by atoms with Crippen LogP contribution in [0.15, 0.2) is 75.4 Å². The van der Waals surface area contributed by atoms with Gasteiger partial charge in [-0.15, -0.1) is 0 Å². The second-order valence-corrected chi connectivity index (χ2v) is 8.06. The maximum atomic E-state index is 13.3. The molecule has 1 aromatic carbocycles. The molecule has 0 bridgehead atoms. The number of fused-ring (bicyclic) bond motifs is 1. The smallest absolute Gasteiger partial charge is 0.267 e. The Kier molecular flexibility index (Phi) is 5.67. The molecule has 1 amide bonds. The molecule has 3 heterocycles. The van der Waals surface area contributed by atoms with Gasteiger partial charge in [-0.1, -0.05) is 30.0 Å². The minimum Gasteiger partial charge on any atom is -0.467 e. The first-order valence-corrected chi connectivity index (χ1v) is 10.3. The molecular formula is C22H20N4O3S. The Morgan fingerprint density at radius 3 is 2.80 bits per heavy atom. The predicted octanol–water partition coefficient (Wildman–Crippen LogP) is 3.48. The van der Waals surface area contributed by atoms with E-state index in [2.05, 4.69) is 15.3 Å². The molecule has 0 aliphatic carbocycles. The molecule has 3 aromatic heterocycles. The lowest BCUT2D eigenvalue weighted by Crippen LogP contribution is -2.31. The Hall–Kier alpha value is -3.39. The van der Waals surface area contributed by atoms with Crippen LogP contribution in [-0.2, 0) is 11.3 Å². The molecule has 4 rings (SSSR count). The van der Waals surface area contributed by atoms with E-state index in [-0.39, 0.29) is 11.5 Å². The summed E-state index contributed by atoms with van der Waals surface area (Å²) in [5.74, 6) is 1.000. The van der Waals surface area contributed by atoms with E-state index in [1.807, 2.05) is 25.1 Å². The van der Waals surface area contributed by atoms with Crippen LogP contribution in [0.25, 0.3) is 16.7 Å². The molecule has 30 heavy (non-hydrogen) atoms. The Morgan fingerprint density at radius 2 is 2.03 bits per heavy atom. The van der Waals surface area contributed by atoms with Gasteiger partial charge < -0.3 is 9.73 Å². The van der Waals surface area contributed by atoms with Crippen LogP contribution in [0.2, 0.25) is 0 Å². The second-order valence-electron chi connectivity index (χ2n) is 6.75. The highest BCUT2D eigenvalue weighted by molar-refractivity contribution is 8.00. The van der Waals surface area contributed by atoms with Crippen molar-refractivity contribution in [3.63, 3.8) is 0 Å². The van der Waals surface area contributed by atoms with E-state index >= 15 is 0 Å². The number of aromatic nitrogens is 3. The first kappa shape index (κ1) is 19.9. The maximum Gasteiger partial charge on any atom is 0.267 e. The van der Waals surface area contributed by atoms with E-state index in [9.17, 15) is 9.59 Å². The minimum atomic E-state index is -0.483. The number of amides is 1. The van der Waals surface area contributed by atoms with Gasteiger partial charge in [0.2, 0.25) is 5.91 Å². The topological polar surface area (TPSA) is 90.0 Å². The van der Waals surface area contributed by atoms with Crippen LogP contribution < -0.4 is 10.9 Å². The van der Waals surface area contributed by atoms with E-state index in [0.717, 1.165) is 5.56 Å². The number of hydrogen-bond acceptors (Lipinski definition) is 6. The molecule has 0 aliphatic rings. The van der Waals surface area contributed by atoms with Crippen molar-refractivity contribution in [2.75, 3.05) is 0 Å².